The molecule has 0 radical (unpaired) electrons. The van der Waals surface area contributed by atoms with Gasteiger partial charge >= 0.3 is 0 Å². The fraction of sp³-hybridized carbons (Fsp3) is 0.357. The SMILES string of the molecule is CNC(CCc1ccnn1C)c1ccc(F)c(F)c1. The lowest BCUT2D eigenvalue weighted by Gasteiger charge is -2.16. The van der Waals surface area contributed by atoms with Crippen LogP contribution in [-0.4, -0.2) is 16.8 Å². The van der Waals surface area contributed by atoms with E-state index in [1.807, 2.05) is 24.8 Å². The summed E-state index contributed by atoms with van der Waals surface area (Å²) in [6.45, 7) is 0. The van der Waals surface area contributed by atoms with E-state index in [4.69, 9.17) is 0 Å². The Morgan fingerprint density at radius 1 is 1.26 bits per heavy atom. The molecular weight excluding hydrogens is 248 g/mol. The Kier molecular flexibility index (Phi) is 4.27. The maximum absolute atomic E-state index is 13.2. The van der Waals surface area contributed by atoms with Crippen molar-refractivity contribution < 1.29 is 8.78 Å². The zero-order valence-electron chi connectivity index (χ0n) is 11.0. The second-order valence-electron chi connectivity index (χ2n) is 4.50. The molecule has 0 amide bonds. The molecule has 3 nitrogen and oxygen atoms in total. The summed E-state index contributed by atoms with van der Waals surface area (Å²) >= 11 is 0. The Morgan fingerprint density at radius 2 is 2.05 bits per heavy atom. The Labute approximate surface area is 111 Å². The van der Waals surface area contributed by atoms with E-state index in [9.17, 15) is 8.78 Å². The van der Waals surface area contributed by atoms with E-state index in [0.29, 0.717) is 0 Å². The summed E-state index contributed by atoms with van der Waals surface area (Å²) in [5.41, 5.74) is 1.87. The second kappa shape index (κ2) is 5.93. The summed E-state index contributed by atoms with van der Waals surface area (Å²) in [5, 5.41) is 7.23. The molecule has 0 fully saturated rings. The molecule has 0 aliphatic carbocycles. The number of hydrogen-bond acceptors (Lipinski definition) is 2. The highest BCUT2D eigenvalue weighted by Gasteiger charge is 2.13. The van der Waals surface area contributed by atoms with E-state index in [-0.39, 0.29) is 6.04 Å². The molecule has 0 saturated carbocycles. The molecule has 5 heteroatoms. The van der Waals surface area contributed by atoms with E-state index < -0.39 is 11.6 Å². The maximum atomic E-state index is 13.2. The Hall–Kier alpha value is -1.75. The van der Waals surface area contributed by atoms with Crippen LogP contribution in [0.25, 0.3) is 0 Å². The maximum Gasteiger partial charge on any atom is 0.159 e. The van der Waals surface area contributed by atoms with Gasteiger partial charge in [-0.1, -0.05) is 6.07 Å². The molecule has 102 valence electrons. The van der Waals surface area contributed by atoms with Gasteiger partial charge < -0.3 is 5.32 Å². The molecule has 2 rings (SSSR count). The number of halogens is 2. The summed E-state index contributed by atoms with van der Waals surface area (Å²) in [5.74, 6) is -1.62. The first-order valence-electron chi connectivity index (χ1n) is 6.21. The van der Waals surface area contributed by atoms with Crippen LogP contribution >= 0.6 is 0 Å². The van der Waals surface area contributed by atoms with Crippen LogP contribution in [0.2, 0.25) is 0 Å². The average molecular weight is 265 g/mol. The highest BCUT2D eigenvalue weighted by atomic mass is 19.2. The van der Waals surface area contributed by atoms with Crippen molar-refractivity contribution in [2.45, 2.75) is 18.9 Å². The molecule has 1 aromatic heterocycles. The third kappa shape index (κ3) is 3.17. The van der Waals surface area contributed by atoms with Crippen LogP contribution in [0.4, 0.5) is 8.78 Å². The highest BCUT2D eigenvalue weighted by Crippen LogP contribution is 2.20. The fourth-order valence-corrected chi connectivity index (χ4v) is 2.15. The van der Waals surface area contributed by atoms with Crippen molar-refractivity contribution in [2.75, 3.05) is 7.05 Å². The largest absolute Gasteiger partial charge is 0.313 e. The van der Waals surface area contributed by atoms with E-state index in [2.05, 4.69) is 10.4 Å². The zero-order chi connectivity index (χ0) is 13.8. The van der Waals surface area contributed by atoms with Gasteiger partial charge in [0.25, 0.3) is 0 Å². The first-order chi connectivity index (χ1) is 9.11. The average Bonchev–Trinajstić information content (AvgIpc) is 2.80. The molecule has 1 atom stereocenters. The van der Waals surface area contributed by atoms with Gasteiger partial charge in [-0.2, -0.15) is 5.10 Å². The second-order valence-corrected chi connectivity index (χ2v) is 4.50. The molecule has 2 aromatic rings. The number of aromatic nitrogens is 2. The zero-order valence-corrected chi connectivity index (χ0v) is 11.0. The van der Waals surface area contributed by atoms with Crippen LogP contribution in [0, 0.1) is 11.6 Å². The molecule has 1 unspecified atom stereocenters. The number of rotatable bonds is 5. The smallest absolute Gasteiger partial charge is 0.159 e. The summed E-state index contributed by atoms with van der Waals surface area (Å²) in [6.07, 6.45) is 3.36. The van der Waals surface area contributed by atoms with Crippen LogP contribution in [0.5, 0.6) is 0 Å². The molecular formula is C14H17F2N3. The molecule has 0 saturated heterocycles. The van der Waals surface area contributed by atoms with Gasteiger partial charge in [0.15, 0.2) is 11.6 Å². The molecule has 1 aromatic carbocycles. The van der Waals surface area contributed by atoms with Crippen molar-refractivity contribution in [3.8, 4) is 0 Å². The molecule has 1 N–H and O–H groups in total. The van der Waals surface area contributed by atoms with Gasteiger partial charge in [-0.25, -0.2) is 8.78 Å². The quantitative estimate of drug-likeness (QED) is 0.900. The van der Waals surface area contributed by atoms with Crippen molar-refractivity contribution in [2.24, 2.45) is 7.05 Å². The molecule has 0 aliphatic rings. The molecule has 0 bridgehead atoms. The van der Waals surface area contributed by atoms with Gasteiger partial charge in [0.2, 0.25) is 0 Å². The summed E-state index contributed by atoms with van der Waals surface area (Å²) in [4.78, 5) is 0. The van der Waals surface area contributed by atoms with Gasteiger partial charge in [-0.15, -0.1) is 0 Å². The first-order valence-corrected chi connectivity index (χ1v) is 6.21. The summed E-state index contributed by atoms with van der Waals surface area (Å²) < 4.78 is 28.0. The third-order valence-electron chi connectivity index (χ3n) is 3.31. The van der Waals surface area contributed by atoms with Gasteiger partial charge in [-0.3, -0.25) is 4.68 Å². The van der Waals surface area contributed by atoms with Gasteiger partial charge in [0, 0.05) is 25.0 Å². The summed E-state index contributed by atoms with van der Waals surface area (Å²) in [6, 6.07) is 5.98. The van der Waals surface area contributed by atoms with Crippen LogP contribution in [0.1, 0.15) is 23.7 Å². The predicted octanol–water partition coefficient (Wildman–Crippen LogP) is 2.59. The normalized spacial score (nSPS) is 12.6. The Morgan fingerprint density at radius 3 is 2.63 bits per heavy atom. The lowest BCUT2D eigenvalue weighted by Crippen LogP contribution is -2.18. The number of nitrogens with one attached hydrogen (secondary N) is 1. The van der Waals surface area contributed by atoms with Crippen molar-refractivity contribution in [3.63, 3.8) is 0 Å². The van der Waals surface area contributed by atoms with Crippen LogP contribution in [0.3, 0.4) is 0 Å². The minimum Gasteiger partial charge on any atom is -0.313 e. The Bertz CT molecular complexity index is 551. The van der Waals surface area contributed by atoms with Crippen LogP contribution < -0.4 is 5.32 Å². The van der Waals surface area contributed by atoms with Gasteiger partial charge in [0.05, 0.1) is 0 Å². The van der Waals surface area contributed by atoms with Crippen molar-refractivity contribution in [3.05, 3.63) is 53.4 Å². The number of benzene rings is 1. The van der Waals surface area contributed by atoms with Crippen LogP contribution in [-0.2, 0) is 13.5 Å². The van der Waals surface area contributed by atoms with Gasteiger partial charge in [0.1, 0.15) is 0 Å². The van der Waals surface area contributed by atoms with Crippen molar-refractivity contribution in [1.82, 2.24) is 15.1 Å². The van der Waals surface area contributed by atoms with Crippen molar-refractivity contribution >= 4 is 0 Å². The topological polar surface area (TPSA) is 29.9 Å². The number of nitrogens with zero attached hydrogens (tertiary/aromatic N) is 2. The van der Waals surface area contributed by atoms with E-state index in [1.165, 1.54) is 12.1 Å². The standard InChI is InChI=1S/C14H17F2N3/c1-17-14(6-4-11-7-8-18-19(11)2)10-3-5-12(15)13(16)9-10/h3,5,7-9,14,17H,4,6H2,1-2H3. The predicted molar refractivity (Wildman–Crippen MR) is 69.7 cm³/mol. The molecule has 1 heterocycles. The first kappa shape index (κ1) is 13.7. The van der Waals surface area contributed by atoms with Crippen LogP contribution in [0.15, 0.2) is 30.5 Å². The minimum absolute atomic E-state index is 0.00926. The number of aryl methyl sites for hydroxylation is 2. The van der Waals surface area contributed by atoms with E-state index in [1.54, 1.807) is 12.3 Å². The highest BCUT2D eigenvalue weighted by molar-refractivity contribution is 5.21. The molecule has 0 aliphatic heterocycles. The lowest BCUT2D eigenvalue weighted by atomic mass is 10.0. The molecule has 19 heavy (non-hydrogen) atoms. The van der Waals surface area contributed by atoms with Crippen molar-refractivity contribution in [1.29, 1.82) is 0 Å². The Balaban J connectivity index is 2.07. The minimum atomic E-state index is -0.815. The monoisotopic (exact) mass is 265 g/mol. The van der Waals surface area contributed by atoms with Gasteiger partial charge in [-0.05, 0) is 43.7 Å². The third-order valence-corrected chi connectivity index (χ3v) is 3.31. The lowest BCUT2D eigenvalue weighted by molar-refractivity contribution is 0.494. The number of hydrogen-bond donors (Lipinski definition) is 1. The van der Waals surface area contributed by atoms with E-state index >= 15 is 0 Å². The van der Waals surface area contributed by atoms with E-state index in [0.717, 1.165) is 24.1 Å². The fourth-order valence-electron chi connectivity index (χ4n) is 2.15. The molecule has 0 spiro atoms. The summed E-state index contributed by atoms with van der Waals surface area (Å²) in [7, 11) is 3.70.